The van der Waals surface area contributed by atoms with Crippen LogP contribution in [0.2, 0.25) is 0 Å². The number of aliphatic hydroxyl groups excluding tert-OH is 2. The summed E-state index contributed by atoms with van der Waals surface area (Å²) in [5, 5.41) is 21.5. The monoisotopic (exact) mass is 418 g/mol. The van der Waals surface area contributed by atoms with Gasteiger partial charge in [0, 0.05) is 23.9 Å². The van der Waals surface area contributed by atoms with Gasteiger partial charge in [0.2, 0.25) is 0 Å². The molecule has 0 fully saturated rings. The predicted molar refractivity (Wildman–Crippen MR) is 90.7 cm³/mol. The molecule has 0 spiro atoms. The second kappa shape index (κ2) is 8.97. The molecule has 0 bridgehead atoms. The van der Waals surface area contributed by atoms with Crippen LogP contribution >= 0.6 is 0 Å². The van der Waals surface area contributed by atoms with E-state index in [1.807, 2.05) is 0 Å². The maximum atomic E-state index is 14.3. The Kier molecular flexibility index (Phi) is 6.88. The molecule has 0 aromatic heterocycles. The van der Waals surface area contributed by atoms with Gasteiger partial charge in [-0.25, -0.2) is 13.2 Å². The fourth-order valence-electron chi connectivity index (χ4n) is 2.19. The molecule has 29 heavy (non-hydrogen) atoms. The number of alkyl halides is 2. The molecule has 156 valence electrons. The number of benzene rings is 2. The van der Waals surface area contributed by atoms with Crippen molar-refractivity contribution in [3.05, 3.63) is 65.0 Å². The largest absolute Gasteiger partial charge is 0.394 e. The van der Waals surface area contributed by atoms with Crippen LogP contribution in [0.3, 0.4) is 0 Å². The smallest absolute Gasteiger partial charge is 0.352 e. The summed E-state index contributed by atoms with van der Waals surface area (Å²) in [5.41, 5.74) is -2.07. The Morgan fingerprint density at radius 1 is 1.00 bits per heavy atom. The van der Waals surface area contributed by atoms with Crippen LogP contribution in [0.15, 0.2) is 36.4 Å². The maximum absolute atomic E-state index is 14.3. The van der Waals surface area contributed by atoms with Crippen LogP contribution in [-0.2, 0) is 10.7 Å². The molecule has 2 rings (SSSR count). The van der Waals surface area contributed by atoms with Crippen LogP contribution in [0.1, 0.15) is 15.9 Å². The van der Waals surface area contributed by atoms with Gasteiger partial charge in [-0.3, -0.25) is 9.59 Å². The van der Waals surface area contributed by atoms with E-state index >= 15 is 0 Å². The Morgan fingerprint density at radius 2 is 1.66 bits per heavy atom. The molecule has 0 unspecified atom stereocenters. The van der Waals surface area contributed by atoms with E-state index in [1.165, 1.54) is 0 Å². The molecule has 0 heterocycles. The normalized spacial score (nSPS) is 12.4. The van der Waals surface area contributed by atoms with E-state index in [2.05, 4.69) is 5.32 Å². The Morgan fingerprint density at radius 3 is 2.28 bits per heavy atom. The summed E-state index contributed by atoms with van der Waals surface area (Å²) in [5.74, 6) is -11.3. The number of amides is 2. The molecule has 2 aromatic rings. The van der Waals surface area contributed by atoms with Crippen LogP contribution in [0, 0.1) is 17.5 Å². The van der Waals surface area contributed by atoms with E-state index in [-0.39, 0.29) is 5.69 Å². The van der Waals surface area contributed by atoms with Crippen molar-refractivity contribution in [3.63, 3.8) is 0 Å². The Hall–Kier alpha value is -3.05. The average Bonchev–Trinajstić information content (AvgIpc) is 2.68. The molecule has 0 saturated carbocycles. The third kappa shape index (κ3) is 5.27. The number of halogens is 5. The minimum Gasteiger partial charge on any atom is -0.394 e. The Bertz CT molecular complexity index is 923. The van der Waals surface area contributed by atoms with E-state index in [4.69, 9.17) is 10.2 Å². The van der Waals surface area contributed by atoms with Gasteiger partial charge in [0.1, 0.15) is 5.82 Å². The van der Waals surface area contributed by atoms with Gasteiger partial charge in [-0.15, -0.1) is 0 Å². The number of anilines is 1. The molecule has 2 amide bonds. The lowest BCUT2D eigenvalue weighted by atomic mass is 10.0. The molecule has 0 aliphatic heterocycles. The van der Waals surface area contributed by atoms with Crippen LogP contribution in [0.4, 0.5) is 27.6 Å². The number of nitrogens with one attached hydrogen (secondary N) is 2. The number of carbonyl (C=O) groups is 2. The van der Waals surface area contributed by atoms with Crippen molar-refractivity contribution in [1.29, 1.82) is 0 Å². The van der Waals surface area contributed by atoms with Gasteiger partial charge in [0.15, 0.2) is 11.6 Å². The Labute approximate surface area is 161 Å². The average molecular weight is 418 g/mol. The molecular formula is C18H15F5N2O4. The van der Waals surface area contributed by atoms with E-state index in [0.717, 1.165) is 18.2 Å². The highest BCUT2D eigenvalue weighted by molar-refractivity contribution is 6.04. The van der Waals surface area contributed by atoms with Gasteiger partial charge in [-0.1, -0.05) is 0 Å². The summed E-state index contributed by atoms with van der Waals surface area (Å²) in [6, 6.07) is 4.26. The first-order valence-electron chi connectivity index (χ1n) is 8.07. The molecule has 0 aliphatic carbocycles. The van der Waals surface area contributed by atoms with Gasteiger partial charge in [-0.05, 0) is 30.3 Å². The molecule has 0 aliphatic rings. The van der Waals surface area contributed by atoms with Gasteiger partial charge < -0.3 is 20.8 Å². The second-order valence-corrected chi connectivity index (χ2v) is 5.90. The number of aliphatic hydroxyl groups is 2. The summed E-state index contributed by atoms with van der Waals surface area (Å²) >= 11 is 0. The number of hydrogen-bond acceptors (Lipinski definition) is 4. The van der Waals surface area contributed by atoms with E-state index in [9.17, 15) is 31.5 Å². The van der Waals surface area contributed by atoms with Crippen molar-refractivity contribution < 1.29 is 41.8 Å². The summed E-state index contributed by atoms with van der Waals surface area (Å²) < 4.78 is 68.6. The molecule has 1 atom stereocenters. The SMILES string of the molecule is O=C(Nc1ccc(F)c(F)c1)c1ccc(F)c(C(F)(F)C(=O)NC[C@H](O)CO)c1. The zero-order valence-corrected chi connectivity index (χ0v) is 14.6. The van der Waals surface area contributed by atoms with Crippen molar-refractivity contribution in [3.8, 4) is 0 Å². The number of carbonyl (C=O) groups excluding carboxylic acids is 2. The van der Waals surface area contributed by atoms with Crippen molar-refractivity contribution >= 4 is 17.5 Å². The summed E-state index contributed by atoms with van der Waals surface area (Å²) in [6.07, 6.45) is -1.49. The van der Waals surface area contributed by atoms with Crippen LogP contribution in [0.25, 0.3) is 0 Å². The molecule has 0 radical (unpaired) electrons. The summed E-state index contributed by atoms with van der Waals surface area (Å²) in [4.78, 5) is 23.8. The van der Waals surface area contributed by atoms with Crippen molar-refractivity contribution in [2.24, 2.45) is 0 Å². The summed E-state index contributed by atoms with van der Waals surface area (Å²) in [6.45, 7) is -1.50. The van der Waals surface area contributed by atoms with E-state index < -0.39 is 65.6 Å². The maximum Gasteiger partial charge on any atom is 0.352 e. The number of hydrogen-bond donors (Lipinski definition) is 4. The highest BCUT2D eigenvalue weighted by Gasteiger charge is 2.43. The van der Waals surface area contributed by atoms with Crippen molar-refractivity contribution in [1.82, 2.24) is 5.32 Å². The van der Waals surface area contributed by atoms with Crippen molar-refractivity contribution in [2.45, 2.75) is 12.0 Å². The molecule has 2 aromatic carbocycles. The minimum absolute atomic E-state index is 0.178. The zero-order chi connectivity index (χ0) is 21.8. The lowest BCUT2D eigenvalue weighted by molar-refractivity contribution is -0.148. The molecule has 11 heteroatoms. The minimum atomic E-state index is -4.41. The van der Waals surface area contributed by atoms with E-state index in [1.54, 1.807) is 5.32 Å². The fourth-order valence-corrected chi connectivity index (χ4v) is 2.19. The number of rotatable bonds is 7. The van der Waals surface area contributed by atoms with Gasteiger partial charge in [0.05, 0.1) is 18.3 Å². The zero-order valence-electron chi connectivity index (χ0n) is 14.6. The molecule has 6 nitrogen and oxygen atoms in total. The Balaban J connectivity index is 2.24. The second-order valence-electron chi connectivity index (χ2n) is 5.90. The third-order valence-electron chi connectivity index (χ3n) is 3.74. The first-order chi connectivity index (χ1) is 13.6. The lowest BCUT2D eigenvalue weighted by Gasteiger charge is -2.18. The summed E-state index contributed by atoms with van der Waals surface area (Å²) in [7, 11) is 0. The highest BCUT2D eigenvalue weighted by atomic mass is 19.3. The van der Waals surface area contributed by atoms with Crippen LogP contribution in [0.5, 0.6) is 0 Å². The topological polar surface area (TPSA) is 98.7 Å². The molecule has 4 N–H and O–H groups in total. The van der Waals surface area contributed by atoms with Crippen molar-refractivity contribution in [2.75, 3.05) is 18.5 Å². The first kappa shape index (κ1) is 22.2. The predicted octanol–water partition coefficient (Wildman–Crippen LogP) is 1.92. The van der Waals surface area contributed by atoms with Crippen LogP contribution < -0.4 is 10.6 Å². The van der Waals surface area contributed by atoms with Gasteiger partial charge in [0.25, 0.3) is 11.8 Å². The highest BCUT2D eigenvalue weighted by Crippen LogP contribution is 2.31. The quantitative estimate of drug-likeness (QED) is 0.517. The van der Waals surface area contributed by atoms with Crippen LogP contribution in [-0.4, -0.2) is 41.3 Å². The molecular weight excluding hydrogens is 403 g/mol. The van der Waals surface area contributed by atoms with Gasteiger partial charge in [-0.2, -0.15) is 8.78 Å². The standard InChI is InChI=1S/C18H15F5N2O4/c19-13-3-1-9(16(28)25-10-2-4-14(20)15(21)6-10)5-12(13)18(22,23)17(29)24-7-11(27)8-26/h1-6,11,26-27H,7-8H2,(H,24,29)(H,25,28)/t11-/m0/s1. The fraction of sp³-hybridized carbons (Fsp3) is 0.222. The molecule has 0 saturated heterocycles. The van der Waals surface area contributed by atoms with E-state index in [0.29, 0.717) is 18.2 Å². The lowest BCUT2D eigenvalue weighted by Crippen LogP contribution is -2.42. The third-order valence-corrected chi connectivity index (χ3v) is 3.74. The first-order valence-corrected chi connectivity index (χ1v) is 8.07. The van der Waals surface area contributed by atoms with Gasteiger partial charge >= 0.3 is 5.92 Å².